The van der Waals surface area contributed by atoms with Gasteiger partial charge in [-0.05, 0) is 29.3 Å². The second kappa shape index (κ2) is 3.65. The third-order valence-electron chi connectivity index (χ3n) is 1.49. The third kappa shape index (κ3) is 2.29. The van der Waals surface area contributed by atoms with E-state index in [0.29, 0.717) is 0 Å². The number of benzene rings is 1. The summed E-state index contributed by atoms with van der Waals surface area (Å²) in [6, 6.07) is 3.16. The SMILES string of the molecule is Nc1cc(S(N)(=O)=O)ccc1S(=O)[O-]. The summed E-state index contributed by atoms with van der Waals surface area (Å²) in [7, 11) is -3.85. The second-order valence-electron chi connectivity index (χ2n) is 2.48. The Labute approximate surface area is 83.2 Å². The van der Waals surface area contributed by atoms with Crippen molar-refractivity contribution in [3.05, 3.63) is 18.2 Å². The van der Waals surface area contributed by atoms with E-state index in [4.69, 9.17) is 10.9 Å². The molecule has 1 atom stereocenters. The molecule has 0 aromatic heterocycles. The quantitative estimate of drug-likeness (QED) is 0.510. The average Bonchev–Trinajstić information content (AvgIpc) is 2.01. The van der Waals surface area contributed by atoms with E-state index in [1.165, 1.54) is 0 Å². The molecule has 14 heavy (non-hydrogen) atoms. The normalized spacial score (nSPS) is 13.9. The molecule has 1 aromatic rings. The van der Waals surface area contributed by atoms with Crippen LogP contribution in [0.25, 0.3) is 0 Å². The Bertz CT molecular complexity index is 483. The monoisotopic (exact) mass is 235 g/mol. The number of primary sulfonamides is 1. The van der Waals surface area contributed by atoms with Gasteiger partial charge in [-0.15, -0.1) is 0 Å². The van der Waals surface area contributed by atoms with Crippen molar-refractivity contribution >= 4 is 26.8 Å². The van der Waals surface area contributed by atoms with E-state index in [2.05, 4.69) is 0 Å². The van der Waals surface area contributed by atoms with Crippen molar-refractivity contribution < 1.29 is 17.2 Å². The minimum Gasteiger partial charge on any atom is -0.768 e. The van der Waals surface area contributed by atoms with Gasteiger partial charge in [0.15, 0.2) is 0 Å². The van der Waals surface area contributed by atoms with Gasteiger partial charge in [0, 0.05) is 10.6 Å². The van der Waals surface area contributed by atoms with Crippen molar-refractivity contribution in [2.24, 2.45) is 5.14 Å². The molecule has 0 heterocycles. The van der Waals surface area contributed by atoms with E-state index < -0.39 is 21.1 Å². The van der Waals surface area contributed by atoms with Gasteiger partial charge >= 0.3 is 0 Å². The summed E-state index contributed by atoms with van der Waals surface area (Å²) in [5.41, 5.74) is 5.16. The lowest BCUT2D eigenvalue weighted by Gasteiger charge is -2.09. The van der Waals surface area contributed by atoms with Gasteiger partial charge in [0.1, 0.15) is 0 Å². The standard InChI is InChI=1S/C6H8N2O4S2/c7-5-3-4(14(8,11)12)1-2-6(5)13(9)10/h1-3H,7H2,(H,9,10)(H2,8,11,12)/p-1. The van der Waals surface area contributed by atoms with Crippen LogP contribution < -0.4 is 10.9 Å². The fourth-order valence-corrected chi connectivity index (χ4v) is 1.83. The number of nitrogen functional groups attached to an aromatic ring is 1. The van der Waals surface area contributed by atoms with E-state index in [9.17, 15) is 17.2 Å². The van der Waals surface area contributed by atoms with Crippen LogP contribution in [0.3, 0.4) is 0 Å². The summed E-state index contributed by atoms with van der Waals surface area (Å²) < 4.78 is 42.7. The van der Waals surface area contributed by atoms with Gasteiger partial charge in [-0.2, -0.15) is 0 Å². The molecule has 0 aliphatic rings. The number of hydrogen-bond donors (Lipinski definition) is 2. The minimum absolute atomic E-state index is 0.148. The summed E-state index contributed by atoms with van der Waals surface area (Å²) in [5, 5.41) is 4.81. The molecule has 78 valence electrons. The van der Waals surface area contributed by atoms with Gasteiger partial charge in [-0.1, -0.05) is 0 Å². The number of nitrogens with two attached hydrogens (primary N) is 2. The average molecular weight is 235 g/mol. The van der Waals surface area contributed by atoms with E-state index in [0.717, 1.165) is 18.2 Å². The Morgan fingerprint density at radius 1 is 1.36 bits per heavy atom. The molecular weight excluding hydrogens is 228 g/mol. The molecule has 0 spiro atoms. The van der Waals surface area contributed by atoms with Gasteiger partial charge in [-0.25, -0.2) is 13.6 Å². The summed E-state index contributed by atoms with van der Waals surface area (Å²) in [6.45, 7) is 0. The summed E-state index contributed by atoms with van der Waals surface area (Å²) in [6.07, 6.45) is 0. The van der Waals surface area contributed by atoms with Gasteiger partial charge in [0.05, 0.1) is 4.90 Å². The zero-order chi connectivity index (χ0) is 10.9. The topological polar surface area (TPSA) is 126 Å². The summed E-state index contributed by atoms with van der Waals surface area (Å²) >= 11 is -2.49. The second-order valence-corrected chi connectivity index (χ2v) is 4.95. The fraction of sp³-hybridized carbons (Fsp3) is 0. The zero-order valence-corrected chi connectivity index (χ0v) is 8.47. The molecule has 4 N–H and O–H groups in total. The molecule has 1 rings (SSSR count). The van der Waals surface area contributed by atoms with Gasteiger partial charge < -0.3 is 10.3 Å². The maximum Gasteiger partial charge on any atom is 0.238 e. The Hall–Kier alpha value is -0.960. The maximum atomic E-state index is 10.8. The number of hydrogen-bond acceptors (Lipinski definition) is 5. The number of rotatable bonds is 2. The van der Waals surface area contributed by atoms with Crippen molar-refractivity contribution in [1.29, 1.82) is 0 Å². The number of sulfonamides is 1. The van der Waals surface area contributed by atoms with Crippen LogP contribution in [0, 0.1) is 0 Å². The Balaban J connectivity index is 3.34. The predicted octanol–water partition coefficient (Wildman–Crippen LogP) is -0.846. The van der Waals surface area contributed by atoms with E-state index in [1.54, 1.807) is 0 Å². The van der Waals surface area contributed by atoms with E-state index >= 15 is 0 Å². The maximum absolute atomic E-state index is 10.8. The minimum atomic E-state index is -3.85. The van der Waals surface area contributed by atoms with Crippen LogP contribution in [-0.2, 0) is 21.1 Å². The lowest BCUT2D eigenvalue weighted by Crippen LogP contribution is -2.12. The van der Waals surface area contributed by atoms with Crippen LogP contribution in [0.1, 0.15) is 0 Å². The fourth-order valence-electron chi connectivity index (χ4n) is 0.855. The third-order valence-corrected chi connectivity index (χ3v) is 3.13. The highest BCUT2D eigenvalue weighted by Crippen LogP contribution is 2.19. The Morgan fingerprint density at radius 3 is 2.29 bits per heavy atom. The molecule has 0 bridgehead atoms. The molecule has 0 amide bonds. The molecular formula is C6H7N2O4S2-. The Morgan fingerprint density at radius 2 is 1.93 bits per heavy atom. The van der Waals surface area contributed by atoms with Gasteiger partial charge in [0.25, 0.3) is 0 Å². The van der Waals surface area contributed by atoms with Crippen molar-refractivity contribution in [3.63, 3.8) is 0 Å². The first-order valence-corrected chi connectivity index (χ1v) is 5.96. The lowest BCUT2D eigenvalue weighted by molar-refractivity contribution is 0.537. The summed E-state index contributed by atoms with van der Waals surface area (Å²) in [4.78, 5) is -0.374. The Kier molecular flexibility index (Phi) is 2.90. The van der Waals surface area contributed by atoms with E-state index in [-0.39, 0.29) is 15.5 Å². The number of anilines is 1. The van der Waals surface area contributed by atoms with Crippen LogP contribution in [0.15, 0.2) is 28.0 Å². The molecule has 8 heteroatoms. The molecule has 0 saturated heterocycles. The van der Waals surface area contributed by atoms with Crippen LogP contribution in [-0.4, -0.2) is 17.2 Å². The van der Waals surface area contributed by atoms with Crippen molar-refractivity contribution in [2.75, 3.05) is 5.73 Å². The van der Waals surface area contributed by atoms with Crippen LogP contribution >= 0.6 is 0 Å². The molecule has 0 aliphatic heterocycles. The van der Waals surface area contributed by atoms with Crippen molar-refractivity contribution in [2.45, 2.75) is 9.79 Å². The molecule has 0 aliphatic carbocycles. The highest BCUT2D eigenvalue weighted by Gasteiger charge is 2.09. The summed E-state index contributed by atoms with van der Waals surface area (Å²) in [5.74, 6) is 0. The van der Waals surface area contributed by atoms with Gasteiger partial charge in [0.2, 0.25) is 10.0 Å². The van der Waals surface area contributed by atoms with Crippen molar-refractivity contribution in [3.8, 4) is 0 Å². The predicted molar refractivity (Wildman–Crippen MR) is 49.4 cm³/mol. The molecule has 1 aromatic carbocycles. The highest BCUT2D eigenvalue weighted by molar-refractivity contribution is 7.89. The first-order valence-electron chi connectivity index (χ1n) is 3.34. The van der Waals surface area contributed by atoms with E-state index in [1.807, 2.05) is 0 Å². The molecule has 0 saturated carbocycles. The van der Waals surface area contributed by atoms with Crippen molar-refractivity contribution in [1.82, 2.24) is 0 Å². The largest absolute Gasteiger partial charge is 0.768 e. The molecule has 0 fully saturated rings. The van der Waals surface area contributed by atoms with Crippen LogP contribution in [0.2, 0.25) is 0 Å². The van der Waals surface area contributed by atoms with Crippen LogP contribution in [0.5, 0.6) is 0 Å². The van der Waals surface area contributed by atoms with Crippen LogP contribution in [0.4, 0.5) is 5.69 Å². The smallest absolute Gasteiger partial charge is 0.238 e. The molecule has 0 radical (unpaired) electrons. The lowest BCUT2D eigenvalue weighted by atomic mass is 10.3. The first kappa shape index (κ1) is 11.1. The van der Waals surface area contributed by atoms with Gasteiger partial charge in [-0.3, -0.25) is 4.21 Å². The molecule has 6 nitrogen and oxygen atoms in total. The zero-order valence-electron chi connectivity index (χ0n) is 6.84. The molecule has 1 unspecified atom stereocenters. The first-order chi connectivity index (χ1) is 6.32. The highest BCUT2D eigenvalue weighted by atomic mass is 32.2.